The topological polar surface area (TPSA) is 65.2 Å². The van der Waals surface area contributed by atoms with Gasteiger partial charge in [0.05, 0.1) is 6.04 Å². The Balaban J connectivity index is 1.61. The number of hydrogen-bond acceptors (Lipinski definition) is 2. The van der Waals surface area contributed by atoms with Gasteiger partial charge in [-0.25, -0.2) is 0 Å². The number of amides is 2. The summed E-state index contributed by atoms with van der Waals surface area (Å²) in [4.78, 5) is 31.8. The molecule has 2 N–H and O–H groups in total. The molecule has 29 heavy (non-hydrogen) atoms. The molecule has 2 amide bonds. The van der Waals surface area contributed by atoms with Gasteiger partial charge in [0.25, 0.3) is 5.91 Å². The normalized spacial score (nSPS) is 20.0. The molecule has 2 aliphatic heterocycles. The molecule has 0 bridgehead atoms. The van der Waals surface area contributed by atoms with Crippen LogP contribution in [0.2, 0.25) is 0 Å². The molecule has 0 unspecified atom stereocenters. The number of carbonyl (C=O) groups is 2. The molecular weight excluding hydrogens is 362 g/mol. The van der Waals surface area contributed by atoms with Gasteiger partial charge in [-0.1, -0.05) is 50.2 Å². The average Bonchev–Trinajstić information content (AvgIpc) is 3.23. The smallest absolute Gasteiger partial charge is 0.255 e. The predicted molar refractivity (Wildman–Crippen MR) is 113 cm³/mol. The second kappa shape index (κ2) is 6.76. The molecule has 0 radical (unpaired) electrons. The number of H-pyrrole nitrogens is 1. The SMILES string of the molecule is CC(C)CCNC(=O)[C@H]1Cc2c([nH]c3ccccc23)[C@H]2c3ccccc3C(=O)N21. The van der Waals surface area contributed by atoms with Crippen LogP contribution < -0.4 is 5.32 Å². The highest BCUT2D eigenvalue weighted by Gasteiger charge is 2.48. The van der Waals surface area contributed by atoms with Crippen LogP contribution in [0, 0.1) is 5.92 Å². The molecule has 2 aromatic carbocycles. The molecule has 0 aliphatic carbocycles. The Hall–Kier alpha value is -3.08. The van der Waals surface area contributed by atoms with Crippen LogP contribution in [0.4, 0.5) is 0 Å². The lowest BCUT2D eigenvalue weighted by atomic mass is 9.90. The second-order valence-corrected chi connectivity index (χ2v) is 8.46. The summed E-state index contributed by atoms with van der Waals surface area (Å²) < 4.78 is 0. The van der Waals surface area contributed by atoms with E-state index in [2.05, 4.69) is 36.3 Å². The standard InChI is InChI=1S/C24H25N3O2/c1-14(2)11-12-25-23(28)20-13-18-15-7-5-6-10-19(15)26-21(18)22-16-8-3-4-9-17(16)24(29)27(20)22/h3-10,14,20,22,26H,11-13H2,1-2H3,(H,25,28)/t20-,22-/m1/s1. The van der Waals surface area contributed by atoms with E-state index in [4.69, 9.17) is 0 Å². The largest absolute Gasteiger partial charge is 0.356 e. The Morgan fingerprint density at radius 1 is 1.17 bits per heavy atom. The van der Waals surface area contributed by atoms with Gasteiger partial charge in [-0.2, -0.15) is 0 Å². The van der Waals surface area contributed by atoms with Crippen LogP contribution in [0.3, 0.4) is 0 Å². The fourth-order valence-electron chi connectivity index (χ4n) is 4.74. The molecule has 3 heterocycles. The van der Waals surface area contributed by atoms with E-state index in [-0.39, 0.29) is 17.9 Å². The number of carbonyl (C=O) groups excluding carboxylic acids is 2. The van der Waals surface area contributed by atoms with Gasteiger partial charge in [0, 0.05) is 35.1 Å². The minimum absolute atomic E-state index is 0.0566. The lowest BCUT2D eigenvalue weighted by molar-refractivity contribution is -0.126. The summed E-state index contributed by atoms with van der Waals surface area (Å²) in [5, 5.41) is 4.21. The van der Waals surface area contributed by atoms with Gasteiger partial charge in [0.2, 0.25) is 5.91 Å². The minimum Gasteiger partial charge on any atom is -0.356 e. The fraction of sp³-hybridized carbons (Fsp3) is 0.333. The van der Waals surface area contributed by atoms with Crippen LogP contribution in [0.5, 0.6) is 0 Å². The lowest BCUT2D eigenvalue weighted by Gasteiger charge is -2.37. The molecule has 0 fully saturated rings. The Morgan fingerprint density at radius 3 is 2.76 bits per heavy atom. The number of benzene rings is 2. The number of rotatable bonds is 4. The Bertz CT molecular complexity index is 1110. The number of aromatic amines is 1. The number of nitrogens with zero attached hydrogens (tertiary/aromatic N) is 1. The first kappa shape index (κ1) is 18.0. The van der Waals surface area contributed by atoms with Crippen molar-refractivity contribution in [2.75, 3.05) is 6.54 Å². The van der Waals surface area contributed by atoms with E-state index in [9.17, 15) is 9.59 Å². The van der Waals surface area contributed by atoms with Crippen molar-refractivity contribution in [1.29, 1.82) is 0 Å². The highest BCUT2D eigenvalue weighted by molar-refractivity contribution is 6.03. The first-order valence-corrected chi connectivity index (χ1v) is 10.3. The average molecular weight is 387 g/mol. The van der Waals surface area contributed by atoms with Crippen molar-refractivity contribution >= 4 is 22.7 Å². The van der Waals surface area contributed by atoms with E-state index < -0.39 is 6.04 Å². The minimum atomic E-state index is -0.501. The maximum Gasteiger partial charge on any atom is 0.255 e. The molecular formula is C24H25N3O2. The molecule has 0 saturated heterocycles. The highest BCUT2D eigenvalue weighted by atomic mass is 16.2. The number of nitrogens with one attached hydrogen (secondary N) is 2. The molecule has 0 saturated carbocycles. The monoisotopic (exact) mass is 387 g/mol. The third-order valence-corrected chi connectivity index (χ3v) is 6.18. The zero-order chi connectivity index (χ0) is 20.1. The quantitative estimate of drug-likeness (QED) is 0.715. The number of aromatic nitrogens is 1. The van der Waals surface area contributed by atoms with Crippen molar-refractivity contribution in [3.05, 3.63) is 70.9 Å². The summed E-state index contributed by atoms with van der Waals surface area (Å²) in [5.74, 6) is 0.402. The molecule has 148 valence electrons. The number of fused-ring (bicyclic) bond motifs is 7. The molecule has 5 nitrogen and oxygen atoms in total. The van der Waals surface area contributed by atoms with Crippen molar-refractivity contribution in [1.82, 2.24) is 15.2 Å². The molecule has 2 atom stereocenters. The Labute approximate surface area is 170 Å². The van der Waals surface area contributed by atoms with E-state index in [1.165, 1.54) is 0 Å². The molecule has 2 aliphatic rings. The van der Waals surface area contributed by atoms with Gasteiger partial charge >= 0.3 is 0 Å². The third-order valence-electron chi connectivity index (χ3n) is 6.18. The van der Waals surface area contributed by atoms with E-state index in [0.29, 0.717) is 24.4 Å². The summed E-state index contributed by atoms with van der Waals surface area (Å²) in [6, 6.07) is 15.2. The van der Waals surface area contributed by atoms with Crippen molar-refractivity contribution < 1.29 is 9.59 Å². The van der Waals surface area contributed by atoms with Gasteiger partial charge in [0.1, 0.15) is 6.04 Å². The Kier molecular flexibility index (Phi) is 4.19. The molecule has 5 rings (SSSR count). The second-order valence-electron chi connectivity index (χ2n) is 8.46. The number of para-hydroxylation sites is 1. The van der Waals surface area contributed by atoms with Gasteiger partial charge in [-0.3, -0.25) is 9.59 Å². The van der Waals surface area contributed by atoms with Crippen LogP contribution >= 0.6 is 0 Å². The zero-order valence-electron chi connectivity index (χ0n) is 16.7. The maximum absolute atomic E-state index is 13.3. The first-order valence-electron chi connectivity index (χ1n) is 10.3. The van der Waals surface area contributed by atoms with E-state index in [0.717, 1.165) is 34.1 Å². The van der Waals surface area contributed by atoms with Crippen LogP contribution in [-0.4, -0.2) is 34.3 Å². The predicted octanol–water partition coefficient (Wildman–Crippen LogP) is 3.80. The summed E-state index contributed by atoms with van der Waals surface area (Å²) >= 11 is 0. The van der Waals surface area contributed by atoms with Crippen LogP contribution in [0.1, 0.15) is 53.5 Å². The van der Waals surface area contributed by atoms with E-state index >= 15 is 0 Å². The van der Waals surface area contributed by atoms with Crippen molar-refractivity contribution in [3.8, 4) is 0 Å². The maximum atomic E-state index is 13.3. The Morgan fingerprint density at radius 2 is 1.93 bits per heavy atom. The molecule has 3 aromatic rings. The summed E-state index contributed by atoms with van der Waals surface area (Å²) in [7, 11) is 0. The van der Waals surface area contributed by atoms with Crippen molar-refractivity contribution in [3.63, 3.8) is 0 Å². The summed E-state index contributed by atoms with van der Waals surface area (Å²) in [6.07, 6.45) is 1.46. The molecule has 5 heteroatoms. The van der Waals surface area contributed by atoms with Gasteiger partial charge < -0.3 is 15.2 Å². The summed E-state index contributed by atoms with van der Waals surface area (Å²) in [6.45, 7) is 4.91. The van der Waals surface area contributed by atoms with Crippen LogP contribution in [0.25, 0.3) is 10.9 Å². The zero-order valence-corrected chi connectivity index (χ0v) is 16.7. The van der Waals surface area contributed by atoms with Crippen LogP contribution in [-0.2, 0) is 11.2 Å². The molecule has 0 spiro atoms. The third kappa shape index (κ3) is 2.76. The van der Waals surface area contributed by atoms with Crippen molar-refractivity contribution in [2.45, 2.75) is 38.8 Å². The lowest BCUT2D eigenvalue weighted by Crippen LogP contribution is -2.52. The number of hydrogen-bond donors (Lipinski definition) is 2. The van der Waals surface area contributed by atoms with Gasteiger partial charge in [-0.05, 0) is 35.6 Å². The van der Waals surface area contributed by atoms with Gasteiger partial charge in [0.15, 0.2) is 0 Å². The highest BCUT2D eigenvalue weighted by Crippen LogP contribution is 2.46. The molecule has 1 aromatic heterocycles. The van der Waals surface area contributed by atoms with Gasteiger partial charge in [-0.15, -0.1) is 0 Å². The van der Waals surface area contributed by atoms with E-state index in [1.807, 2.05) is 36.4 Å². The summed E-state index contributed by atoms with van der Waals surface area (Å²) in [5.41, 5.74) is 4.91. The fourth-order valence-corrected chi connectivity index (χ4v) is 4.74. The van der Waals surface area contributed by atoms with Crippen LogP contribution in [0.15, 0.2) is 48.5 Å². The first-order chi connectivity index (χ1) is 14.1. The van der Waals surface area contributed by atoms with Crippen molar-refractivity contribution in [2.24, 2.45) is 5.92 Å². The van der Waals surface area contributed by atoms with E-state index in [1.54, 1.807) is 4.90 Å².